The molecule has 0 saturated carbocycles. The summed E-state index contributed by atoms with van der Waals surface area (Å²) in [6, 6.07) is 22.9. The molecule has 0 unspecified atom stereocenters. The number of benzene rings is 3. The smallest absolute Gasteiger partial charge is 0.264 e. The zero-order chi connectivity index (χ0) is 22.5. The molecule has 32 heavy (non-hydrogen) atoms. The van der Waals surface area contributed by atoms with E-state index in [9.17, 15) is 10.1 Å². The number of carbonyl (C=O) groups is 1. The second-order valence-electron chi connectivity index (χ2n) is 7.06. The molecule has 5 nitrogen and oxygen atoms in total. The highest BCUT2D eigenvalue weighted by molar-refractivity contribution is 9.10. The first kappa shape index (κ1) is 21.9. The molecule has 1 aliphatic heterocycles. The molecule has 7 heteroatoms. The van der Waals surface area contributed by atoms with Crippen LogP contribution in [0.4, 0.5) is 5.69 Å². The van der Waals surface area contributed by atoms with Crippen LogP contribution in [0.5, 0.6) is 5.75 Å². The average molecular weight is 504 g/mol. The molecule has 0 aromatic heterocycles. The Balaban J connectivity index is 1.57. The van der Waals surface area contributed by atoms with Gasteiger partial charge >= 0.3 is 0 Å². The van der Waals surface area contributed by atoms with Crippen molar-refractivity contribution in [3.63, 3.8) is 0 Å². The van der Waals surface area contributed by atoms with Gasteiger partial charge in [-0.2, -0.15) is 5.26 Å². The highest BCUT2D eigenvalue weighted by Crippen LogP contribution is 2.32. The minimum absolute atomic E-state index is 0.207. The van der Waals surface area contributed by atoms with Crippen LogP contribution in [-0.4, -0.2) is 11.1 Å². The third-order valence-corrected chi connectivity index (χ3v) is 6.10. The Bertz CT molecular complexity index is 1280. The molecular weight excluding hydrogens is 486 g/mol. The number of hydrogen-bond acceptors (Lipinski definition) is 5. The van der Waals surface area contributed by atoms with Gasteiger partial charge in [0.25, 0.3) is 5.91 Å². The molecule has 3 aromatic rings. The Morgan fingerprint density at radius 2 is 1.94 bits per heavy atom. The van der Waals surface area contributed by atoms with Crippen molar-refractivity contribution in [2.24, 2.45) is 4.99 Å². The number of nitrogens with zero attached hydrogens (tertiary/aromatic N) is 2. The molecule has 1 saturated heterocycles. The molecule has 3 aromatic carbocycles. The average Bonchev–Trinajstić information content (AvgIpc) is 3.13. The van der Waals surface area contributed by atoms with Gasteiger partial charge in [0, 0.05) is 15.6 Å². The fraction of sp³-hybridized carbons (Fsp3) is 0.0800. The summed E-state index contributed by atoms with van der Waals surface area (Å²) in [4.78, 5) is 17.6. The van der Waals surface area contributed by atoms with E-state index in [0.717, 1.165) is 26.9 Å². The van der Waals surface area contributed by atoms with Gasteiger partial charge in [0.15, 0.2) is 5.17 Å². The number of amides is 1. The van der Waals surface area contributed by atoms with Crippen LogP contribution in [0.15, 0.2) is 81.1 Å². The van der Waals surface area contributed by atoms with Crippen LogP contribution in [-0.2, 0) is 11.4 Å². The topological polar surface area (TPSA) is 74.5 Å². The van der Waals surface area contributed by atoms with Gasteiger partial charge in [0.1, 0.15) is 12.4 Å². The highest BCUT2D eigenvalue weighted by atomic mass is 79.9. The largest absolute Gasteiger partial charge is 0.488 e. The number of amidine groups is 1. The number of hydrogen-bond donors (Lipinski definition) is 1. The van der Waals surface area contributed by atoms with Gasteiger partial charge in [-0.3, -0.25) is 4.79 Å². The second-order valence-corrected chi connectivity index (χ2v) is 9.00. The third kappa shape index (κ3) is 5.28. The monoisotopic (exact) mass is 503 g/mol. The fourth-order valence-corrected chi connectivity index (χ4v) is 4.24. The predicted octanol–water partition coefficient (Wildman–Crippen LogP) is 6.10. The van der Waals surface area contributed by atoms with Crippen molar-refractivity contribution >= 4 is 50.5 Å². The van der Waals surface area contributed by atoms with Crippen molar-refractivity contribution in [2.75, 3.05) is 0 Å². The molecule has 158 valence electrons. The summed E-state index contributed by atoms with van der Waals surface area (Å²) in [5.41, 5.74) is 4.06. The summed E-state index contributed by atoms with van der Waals surface area (Å²) in [5, 5.41) is 12.6. The molecule has 1 heterocycles. The van der Waals surface area contributed by atoms with Crippen molar-refractivity contribution in [3.05, 3.63) is 98.4 Å². The summed E-state index contributed by atoms with van der Waals surface area (Å²) >= 11 is 4.77. The lowest BCUT2D eigenvalue weighted by Crippen LogP contribution is -2.19. The van der Waals surface area contributed by atoms with E-state index in [0.29, 0.717) is 21.4 Å². The number of nitrogens with one attached hydrogen (secondary N) is 1. The number of ether oxygens (including phenoxy) is 1. The van der Waals surface area contributed by atoms with Gasteiger partial charge in [-0.05, 0) is 61.2 Å². The molecular formula is C25H18BrN3O2S. The first-order valence-corrected chi connectivity index (χ1v) is 11.4. The minimum Gasteiger partial charge on any atom is -0.488 e. The molecule has 0 atom stereocenters. The molecule has 0 bridgehead atoms. The molecule has 1 amide bonds. The Kier molecular flexibility index (Phi) is 6.74. The Morgan fingerprint density at radius 3 is 2.72 bits per heavy atom. The maximum Gasteiger partial charge on any atom is 0.264 e. The van der Waals surface area contributed by atoms with E-state index >= 15 is 0 Å². The standard InChI is InChI=1S/C25H18BrN3O2S/c1-16-6-9-21(10-7-16)28-25-29-24(30)23(32-25)13-19-12-20(26)8-11-22(19)31-15-18-5-3-2-4-17(18)14-27/h2-13H,15H2,1H3,(H,28,29,30)/b23-13+. The Morgan fingerprint density at radius 1 is 1.16 bits per heavy atom. The van der Waals surface area contributed by atoms with E-state index in [2.05, 4.69) is 32.3 Å². The highest BCUT2D eigenvalue weighted by Gasteiger charge is 2.24. The number of carbonyl (C=O) groups excluding carboxylic acids is 1. The van der Waals surface area contributed by atoms with Crippen molar-refractivity contribution < 1.29 is 9.53 Å². The van der Waals surface area contributed by atoms with Crippen molar-refractivity contribution in [1.82, 2.24) is 5.32 Å². The van der Waals surface area contributed by atoms with E-state index < -0.39 is 0 Å². The van der Waals surface area contributed by atoms with E-state index in [1.165, 1.54) is 11.8 Å². The minimum atomic E-state index is -0.207. The first-order valence-electron chi connectivity index (χ1n) is 9.78. The lowest BCUT2D eigenvalue weighted by atomic mass is 10.1. The molecule has 1 fully saturated rings. The molecule has 1 N–H and O–H groups in total. The first-order chi connectivity index (χ1) is 15.5. The molecule has 0 aliphatic carbocycles. The number of halogens is 1. The van der Waals surface area contributed by atoms with Gasteiger partial charge in [0.2, 0.25) is 0 Å². The van der Waals surface area contributed by atoms with Gasteiger partial charge < -0.3 is 10.1 Å². The van der Waals surface area contributed by atoms with Crippen LogP contribution in [0.2, 0.25) is 0 Å². The summed E-state index contributed by atoms with van der Waals surface area (Å²) in [7, 11) is 0. The number of thioether (sulfide) groups is 1. The normalized spacial score (nSPS) is 15.6. The lowest BCUT2D eigenvalue weighted by molar-refractivity contribution is -0.115. The van der Waals surface area contributed by atoms with Crippen LogP contribution in [0.25, 0.3) is 6.08 Å². The number of aryl methyl sites for hydroxylation is 1. The van der Waals surface area contributed by atoms with E-state index in [1.54, 1.807) is 12.1 Å². The SMILES string of the molecule is Cc1ccc(N=C2NC(=O)/C(=C\c3cc(Br)ccc3OCc3ccccc3C#N)S2)cc1. The van der Waals surface area contributed by atoms with Crippen molar-refractivity contribution in [3.8, 4) is 11.8 Å². The van der Waals surface area contributed by atoms with Crippen LogP contribution in [0, 0.1) is 18.3 Å². The zero-order valence-electron chi connectivity index (χ0n) is 17.1. The molecule has 0 radical (unpaired) electrons. The van der Waals surface area contributed by atoms with Gasteiger partial charge in [-0.25, -0.2) is 4.99 Å². The number of nitriles is 1. The van der Waals surface area contributed by atoms with E-state index in [-0.39, 0.29) is 12.5 Å². The van der Waals surface area contributed by atoms with Crippen molar-refractivity contribution in [1.29, 1.82) is 5.26 Å². The second kappa shape index (κ2) is 9.86. The summed E-state index contributed by atoms with van der Waals surface area (Å²) in [6.45, 7) is 2.27. The Hall–Kier alpha value is -3.34. The van der Waals surface area contributed by atoms with Gasteiger partial charge in [-0.1, -0.05) is 51.8 Å². The molecule has 4 rings (SSSR count). The van der Waals surface area contributed by atoms with Crippen LogP contribution < -0.4 is 10.1 Å². The lowest BCUT2D eigenvalue weighted by Gasteiger charge is -2.11. The van der Waals surface area contributed by atoms with Gasteiger partial charge in [-0.15, -0.1) is 0 Å². The Labute approximate surface area is 199 Å². The molecule has 0 spiro atoms. The number of rotatable bonds is 5. The fourth-order valence-electron chi connectivity index (χ4n) is 3.03. The maximum atomic E-state index is 12.5. The zero-order valence-corrected chi connectivity index (χ0v) is 19.5. The third-order valence-electron chi connectivity index (χ3n) is 4.69. The van der Waals surface area contributed by atoms with Gasteiger partial charge in [0.05, 0.1) is 22.2 Å². The van der Waals surface area contributed by atoms with E-state index in [4.69, 9.17) is 4.74 Å². The summed E-state index contributed by atoms with van der Waals surface area (Å²) in [5.74, 6) is 0.410. The number of aliphatic imine (C=N–C) groups is 1. The molecule has 1 aliphatic rings. The van der Waals surface area contributed by atoms with Crippen LogP contribution >= 0.6 is 27.7 Å². The summed E-state index contributed by atoms with van der Waals surface area (Å²) < 4.78 is 6.88. The predicted molar refractivity (Wildman–Crippen MR) is 132 cm³/mol. The summed E-state index contributed by atoms with van der Waals surface area (Å²) in [6.07, 6.45) is 1.79. The quantitative estimate of drug-likeness (QED) is 0.426. The van der Waals surface area contributed by atoms with Crippen LogP contribution in [0.1, 0.15) is 22.3 Å². The van der Waals surface area contributed by atoms with E-state index in [1.807, 2.05) is 67.6 Å². The van der Waals surface area contributed by atoms with Crippen molar-refractivity contribution in [2.45, 2.75) is 13.5 Å². The maximum absolute atomic E-state index is 12.5. The van der Waals surface area contributed by atoms with Crippen LogP contribution in [0.3, 0.4) is 0 Å².